The average Bonchev–Trinajstić information content (AvgIpc) is 3.14. The SMILES string of the molecule is CCN1CCC[C@H]1CN1C[C@@H](C(=O)Nc2ccnc(C)c2)CC1=O. The lowest BCUT2D eigenvalue weighted by atomic mass is 10.1. The standard InChI is InChI=1S/C18H26N4O2/c1-3-21-8-4-5-16(21)12-22-11-14(10-17(22)23)18(24)20-15-6-7-19-13(2)9-15/h6-7,9,14,16H,3-5,8,10-12H2,1-2H3,(H,19,20,24)/t14-,16-/m0/s1. The summed E-state index contributed by atoms with van der Waals surface area (Å²) in [5.74, 6) is -0.235. The molecular weight excluding hydrogens is 304 g/mol. The summed E-state index contributed by atoms with van der Waals surface area (Å²) in [4.78, 5) is 33.2. The van der Waals surface area contributed by atoms with E-state index in [1.165, 1.54) is 6.42 Å². The molecule has 2 saturated heterocycles. The van der Waals surface area contributed by atoms with Gasteiger partial charge in [0.25, 0.3) is 0 Å². The molecule has 2 aliphatic heterocycles. The van der Waals surface area contributed by atoms with Crippen molar-refractivity contribution in [2.75, 3.05) is 31.5 Å². The topological polar surface area (TPSA) is 65.5 Å². The first-order chi connectivity index (χ1) is 11.6. The van der Waals surface area contributed by atoms with Crippen molar-refractivity contribution in [3.05, 3.63) is 24.0 Å². The van der Waals surface area contributed by atoms with Crippen LogP contribution in [-0.2, 0) is 9.59 Å². The molecule has 6 heteroatoms. The fourth-order valence-electron chi connectivity index (χ4n) is 3.76. The van der Waals surface area contributed by atoms with E-state index in [0.29, 0.717) is 19.0 Å². The predicted octanol–water partition coefficient (Wildman–Crippen LogP) is 1.66. The summed E-state index contributed by atoms with van der Waals surface area (Å²) in [6.45, 7) is 7.48. The van der Waals surface area contributed by atoms with Crippen molar-refractivity contribution < 1.29 is 9.59 Å². The third-order valence-electron chi connectivity index (χ3n) is 5.09. The van der Waals surface area contributed by atoms with Gasteiger partial charge in [-0.2, -0.15) is 0 Å². The zero-order valence-electron chi connectivity index (χ0n) is 14.5. The molecule has 24 heavy (non-hydrogen) atoms. The monoisotopic (exact) mass is 330 g/mol. The number of likely N-dealkylation sites (N-methyl/N-ethyl adjacent to an activating group) is 1. The van der Waals surface area contributed by atoms with Crippen LogP contribution in [0.3, 0.4) is 0 Å². The van der Waals surface area contributed by atoms with E-state index in [-0.39, 0.29) is 17.7 Å². The Morgan fingerprint density at radius 3 is 3.04 bits per heavy atom. The molecule has 2 fully saturated rings. The molecule has 0 aliphatic carbocycles. The van der Waals surface area contributed by atoms with Gasteiger partial charge in [0.2, 0.25) is 11.8 Å². The highest BCUT2D eigenvalue weighted by Gasteiger charge is 2.36. The highest BCUT2D eigenvalue weighted by molar-refractivity contribution is 5.97. The molecule has 0 aromatic carbocycles. The van der Waals surface area contributed by atoms with Gasteiger partial charge in [0.1, 0.15) is 0 Å². The molecule has 2 amide bonds. The van der Waals surface area contributed by atoms with Gasteiger partial charge in [-0.25, -0.2) is 0 Å². The summed E-state index contributed by atoms with van der Waals surface area (Å²) in [6, 6.07) is 4.06. The van der Waals surface area contributed by atoms with Crippen molar-refractivity contribution >= 4 is 17.5 Å². The van der Waals surface area contributed by atoms with Crippen molar-refractivity contribution in [1.82, 2.24) is 14.8 Å². The van der Waals surface area contributed by atoms with Crippen LogP contribution in [0.1, 0.15) is 31.9 Å². The first kappa shape index (κ1) is 16.9. The Hall–Kier alpha value is -1.95. The number of amides is 2. The van der Waals surface area contributed by atoms with E-state index in [0.717, 1.165) is 37.4 Å². The maximum atomic E-state index is 12.5. The Morgan fingerprint density at radius 1 is 1.46 bits per heavy atom. The number of carbonyl (C=O) groups is 2. The number of likely N-dealkylation sites (tertiary alicyclic amines) is 2. The van der Waals surface area contributed by atoms with Gasteiger partial charge < -0.3 is 10.2 Å². The second-order valence-electron chi connectivity index (χ2n) is 6.80. The zero-order chi connectivity index (χ0) is 17.1. The van der Waals surface area contributed by atoms with Crippen LogP contribution in [0.15, 0.2) is 18.3 Å². The minimum Gasteiger partial charge on any atom is -0.340 e. The van der Waals surface area contributed by atoms with Crippen LogP contribution in [0.25, 0.3) is 0 Å². The molecule has 1 aromatic heterocycles. The molecule has 0 unspecified atom stereocenters. The lowest BCUT2D eigenvalue weighted by Gasteiger charge is -2.27. The predicted molar refractivity (Wildman–Crippen MR) is 92.6 cm³/mol. The van der Waals surface area contributed by atoms with Crippen LogP contribution >= 0.6 is 0 Å². The van der Waals surface area contributed by atoms with Crippen LogP contribution in [0.2, 0.25) is 0 Å². The summed E-state index contributed by atoms with van der Waals surface area (Å²) in [7, 11) is 0. The number of anilines is 1. The van der Waals surface area contributed by atoms with E-state index in [1.807, 2.05) is 17.9 Å². The van der Waals surface area contributed by atoms with E-state index < -0.39 is 0 Å². The molecule has 3 rings (SSSR count). The molecule has 3 heterocycles. The number of pyridine rings is 1. The number of nitrogens with zero attached hydrogens (tertiary/aromatic N) is 3. The summed E-state index contributed by atoms with van der Waals surface area (Å²) < 4.78 is 0. The molecule has 0 bridgehead atoms. The van der Waals surface area contributed by atoms with Crippen molar-refractivity contribution in [1.29, 1.82) is 0 Å². The van der Waals surface area contributed by atoms with Gasteiger partial charge in [0.15, 0.2) is 0 Å². The minimum absolute atomic E-state index is 0.0739. The smallest absolute Gasteiger partial charge is 0.229 e. The van der Waals surface area contributed by atoms with Gasteiger partial charge in [-0.3, -0.25) is 19.5 Å². The van der Waals surface area contributed by atoms with Gasteiger partial charge in [-0.05, 0) is 45.0 Å². The molecular formula is C18H26N4O2. The highest BCUT2D eigenvalue weighted by atomic mass is 16.2. The fraction of sp³-hybridized carbons (Fsp3) is 0.611. The van der Waals surface area contributed by atoms with Gasteiger partial charge in [0.05, 0.1) is 5.92 Å². The lowest BCUT2D eigenvalue weighted by Crippen LogP contribution is -2.41. The van der Waals surface area contributed by atoms with Crippen LogP contribution < -0.4 is 5.32 Å². The molecule has 2 aliphatic rings. The second kappa shape index (κ2) is 7.30. The van der Waals surface area contributed by atoms with E-state index in [4.69, 9.17) is 0 Å². The molecule has 0 radical (unpaired) electrons. The summed E-state index contributed by atoms with van der Waals surface area (Å²) >= 11 is 0. The van der Waals surface area contributed by atoms with Gasteiger partial charge >= 0.3 is 0 Å². The normalized spacial score (nSPS) is 24.6. The van der Waals surface area contributed by atoms with Gasteiger partial charge in [-0.1, -0.05) is 6.92 Å². The Labute approximate surface area is 143 Å². The van der Waals surface area contributed by atoms with E-state index in [1.54, 1.807) is 12.3 Å². The number of rotatable bonds is 5. The molecule has 0 spiro atoms. The third kappa shape index (κ3) is 3.75. The van der Waals surface area contributed by atoms with Crippen molar-refractivity contribution in [3.63, 3.8) is 0 Å². The number of hydrogen-bond acceptors (Lipinski definition) is 4. The highest BCUT2D eigenvalue weighted by Crippen LogP contribution is 2.24. The van der Waals surface area contributed by atoms with Gasteiger partial charge in [0, 0.05) is 43.1 Å². The fourth-order valence-corrected chi connectivity index (χ4v) is 3.76. The molecule has 6 nitrogen and oxygen atoms in total. The van der Waals surface area contributed by atoms with Crippen molar-refractivity contribution in [2.45, 2.75) is 39.2 Å². The van der Waals surface area contributed by atoms with Crippen LogP contribution in [0.4, 0.5) is 5.69 Å². The molecule has 130 valence electrons. The maximum Gasteiger partial charge on any atom is 0.229 e. The largest absolute Gasteiger partial charge is 0.340 e. The number of aryl methyl sites for hydroxylation is 1. The van der Waals surface area contributed by atoms with Crippen molar-refractivity contribution in [2.24, 2.45) is 5.92 Å². The first-order valence-corrected chi connectivity index (χ1v) is 8.82. The zero-order valence-corrected chi connectivity index (χ0v) is 14.5. The molecule has 1 N–H and O–H groups in total. The number of hydrogen-bond donors (Lipinski definition) is 1. The maximum absolute atomic E-state index is 12.5. The van der Waals surface area contributed by atoms with Gasteiger partial charge in [-0.15, -0.1) is 0 Å². The lowest BCUT2D eigenvalue weighted by molar-refractivity contribution is -0.128. The molecule has 2 atom stereocenters. The van der Waals surface area contributed by atoms with Crippen LogP contribution in [0.5, 0.6) is 0 Å². The Kier molecular flexibility index (Phi) is 5.14. The molecule has 1 aromatic rings. The van der Waals surface area contributed by atoms with E-state index in [2.05, 4.69) is 22.1 Å². The van der Waals surface area contributed by atoms with E-state index in [9.17, 15) is 9.59 Å². The number of aromatic nitrogens is 1. The molecule has 0 saturated carbocycles. The third-order valence-corrected chi connectivity index (χ3v) is 5.09. The number of carbonyl (C=O) groups excluding carboxylic acids is 2. The summed E-state index contributed by atoms with van der Waals surface area (Å²) in [5.41, 5.74) is 1.60. The Bertz CT molecular complexity index is 619. The van der Waals surface area contributed by atoms with Crippen molar-refractivity contribution in [3.8, 4) is 0 Å². The number of nitrogens with one attached hydrogen (secondary N) is 1. The van der Waals surface area contributed by atoms with Crippen LogP contribution in [0, 0.1) is 12.8 Å². The first-order valence-electron chi connectivity index (χ1n) is 8.82. The summed E-state index contributed by atoms with van der Waals surface area (Å²) in [6.07, 6.45) is 4.34. The second-order valence-corrected chi connectivity index (χ2v) is 6.80. The average molecular weight is 330 g/mol. The Balaban J connectivity index is 1.57. The van der Waals surface area contributed by atoms with E-state index >= 15 is 0 Å². The van der Waals surface area contributed by atoms with Crippen LogP contribution in [-0.4, -0.2) is 58.8 Å². The summed E-state index contributed by atoms with van der Waals surface area (Å²) in [5, 5.41) is 2.91. The minimum atomic E-state index is -0.262. The quantitative estimate of drug-likeness (QED) is 0.892. The Morgan fingerprint density at radius 2 is 2.29 bits per heavy atom.